The predicted molar refractivity (Wildman–Crippen MR) is 86.1 cm³/mol. The number of ketones is 1. The highest BCUT2D eigenvalue weighted by atomic mass is 16.5. The normalized spacial score (nSPS) is 24.1. The largest absolute Gasteiger partial charge is 0.463 e. The number of nitrogens with zero attached hydrogens (tertiary/aromatic N) is 2. The Morgan fingerprint density at radius 1 is 1.30 bits per heavy atom. The highest BCUT2D eigenvalue weighted by Crippen LogP contribution is 2.42. The molecule has 0 saturated heterocycles. The summed E-state index contributed by atoms with van der Waals surface area (Å²) in [5, 5.41) is 0. The molecule has 0 spiro atoms. The summed E-state index contributed by atoms with van der Waals surface area (Å²) in [5.41, 5.74) is 2.71. The molecule has 2 aliphatic rings. The van der Waals surface area contributed by atoms with E-state index in [4.69, 9.17) is 4.74 Å². The fourth-order valence-electron chi connectivity index (χ4n) is 3.47. The van der Waals surface area contributed by atoms with E-state index in [1.54, 1.807) is 13.1 Å². The molecule has 1 fully saturated rings. The number of fused-ring (bicyclic) bond motifs is 1. The highest BCUT2D eigenvalue weighted by Gasteiger charge is 2.44. The number of hydrogen-bond donors (Lipinski definition) is 0. The first kappa shape index (κ1) is 15.6. The molecule has 1 aromatic heterocycles. The Morgan fingerprint density at radius 3 is 2.83 bits per heavy atom. The van der Waals surface area contributed by atoms with Crippen LogP contribution in [0.2, 0.25) is 0 Å². The Hall–Kier alpha value is -2.30. The monoisotopic (exact) mass is 312 g/mol. The van der Waals surface area contributed by atoms with Gasteiger partial charge in [0.15, 0.2) is 0 Å². The lowest BCUT2D eigenvalue weighted by atomic mass is 9.71. The molecular formula is C18H20N2O3. The number of pyridine rings is 1. The molecule has 120 valence electrons. The third kappa shape index (κ3) is 2.83. The molecule has 0 N–H and O–H groups in total. The van der Waals surface area contributed by atoms with Crippen molar-refractivity contribution in [2.45, 2.75) is 39.0 Å². The van der Waals surface area contributed by atoms with Gasteiger partial charge in [0.2, 0.25) is 0 Å². The molecule has 1 saturated carbocycles. The molecule has 0 bridgehead atoms. The zero-order valence-electron chi connectivity index (χ0n) is 13.4. The number of carbonyl (C=O) groups is 2. The van der Waals surface area contributed by atoms with Gasteiger partial charge in [0.1, 0.15) is 5.78 Å². The van der Waals surface area contributed by atoms with Crippen molar-refractivity contribution >= 4 is 17.5 Å². The van der Waals surface area contributed by atoms with Crippen molar-refractivity contribution in [3.63, 3.8) is 0 Å². The number of Topliss-reactive ketones (excluding diaryl/α,β-unsaturated/α-hetero) is 1. The lowest BCUT2D eigenvalue weighted by Gasteiger charge is -2.34. The van der Waals surface area contributed by atoms with Crippen molar-refractivity contribution in [3.05, 3.63) is 41.4 Å². The minimum atomic E-state index is -0.401. The van der Waals surface area contributed by atoms with E-state index in [1.165, 1.54) is 0 Å². The minimum Gasteiger partial charge on any atom is -0.463 e. The molecule has 0 radical (unpaired) electrons. The first-order valence-electron chi connectivity index (χ1n) is 8.02. The Kier molecular flexibility index (Phi) is 4.37. The highest BCUT2D eigenvalue weighted by molar-refractivity contribution is 6.11. The molecule has 3 rings (SSSR count). The Balaban J connectivity index is 2.14. The smallest absolute Gasteiger partial charge is 0.336 e. The maximum atomic E-state index is 12.6. The van der Waals surface area contributed by atoms with E-state index >= 15 is 0 Å². The summed E-state index contributed by atoms with van der Waals surface area (Å²) in [5.74, 6) is -1.04. The van der Waals surface area contributed by atoms with E-state index < -0.39 is 11.9 Å². The van der Waals surface area contributed by atoms with Crippen LogP contribution >= 0.6 is 0 Å². The fraction of sp³-hybridized carbons (Fsp3) is 0.444. The van der Waals surface area contributed by atoms with Gasteiger partial charge in [-0.1, -0.05) is 6.07 Å². The zero-order chi connectivity index (χ0) is 16.4. The number of esters is 1. The van der Waals surface area contributed by atoms with Crippen LogP contribution in [-0.4, -0.2) is 29.1 Å². The summed E-state index contributed by atoms with van der Waals surface area (Å²) < 4.78 is 5.21. The van der Waals surface area contributed by atoms with Crippen LogP contribution in [0.3, 0.4) is 0 Å². The van der Waals surface area contributed by atoms with Crippen molar-refractivity contribution < 1.29 is 14.3 Å². The van der Waals surface area contributed by atoms with E-state index in [1.807, 2.05) is 25.1 Å². The van der Waals surface area contributed by atoms with Gasteiger partial charge in [-0.05, 0) is 38.8 Å². The van der Waals surface area contributed by atoms with Crippen molar-refractivity contribution in [1.29, 1.82) is 0 Å². The molecule has 5 nitrogen and oxygen atoms in total. The van der Waals surface area contributed by atoms with Crippen molar-refractivity contribution in [2.24, 2.45) is 10.9 Å². The summed E-state index contributed by atoms with van der Waals surface area (Å²) >= 11 is 0. The summed E-state index contributed by atoms with van der Waals surface area (Å²) in [7, 11) is 0. The Morgan fingerprint density at radius 2 is 2.13 bits per heavy atom. The number of hydrogen-bond acceptors (Lipinski definition) is 5. The average Bonchev–Trinajstić information content (AvgIpc) is 2.54. The van der Waals surface area contributed by atoms with Crippen LogP contribution in [0.1, 0.15) is 44.7 Å². The summed E-state index contributed by atoms with van der Waals surface area (Å²) in [6.45, 7) is 3.87. The fourth-order valence-corrected chi connectivity index (χ4v) is 3.47. The third-order valence-electron chi connectivity index (χ3n) is 4.41. The Labute approximate surface area is 135 Å². The lowest BCUT2D eigenvalue weighted by Crippen LogP contribution is -2.39. The quantitative estimate of drug-likeness (QED) is 0.805. The van der Waals surface area contributed by atoms with E-state index in [0.717, 1.165) is 24.2 Å². The van der Waals surface area contributed by atoms with Gasteiger partial charge in [0.25, 0.3) is 0 Å². The number of aliphatic imine (C=N–C) groups is 1. The number of aromatic nitrogens is 1. The van der Waals surface area contributed by atoms with Gasteiger partial charge in [0, 0.05) is 29.7 Å². The second-order valence-corrected chi connectivity index (χ2v) is 5.85. The Bertz CT molecular complexity index is 691. The van der Waals surface area contributed by atoms with Crippen molar-refractivity contribution in [1.82, 2.24) is 4.98 Å². The predicted octanol–water partition coefficient (Wildman–Crippen LogP) is 2.83. The summed E-state index contributed by atoms with van der Waals surface area (Å²) in [6, 6.07) is 5.56. The number of rotatable bonds is 3. The van der Waals surface area contributed by atoms with Crippen LogP contribution in [0, 0.1) is 5.92 Å². The number of carbonyl (C=O) groups excluding carboxylic acids is 2. The molecule has 0 aromatic carbocycles. The number of allylic oxidation sites excluding steroid dienone is 1. The van der Waals surface area contributed by atoms with Crippen LogP contribution in [-0.2, 0) is 14.3 Å². The first-order valence-corrected chi connectivity index (χ1v) is 8.02. The van der Waals surface area contributed by atoms with Gasteiger partial charge in [-0.2, -0.15) is 0 Å². The standard InChI is InChI=1S/C18H20N2O3/c1-3-23-18(22)15-11(2)20-13-8-6-9-14(21)16(13)17(15)12-7-4-5-10-19-12/h4-5,7,10,16-17H,3,6,8-9H2,1-2H3/t16-,17-/m0/s1. The molecule has 2 atom stereocenters. The van der Waals surface area contributed by atoms with Crippen LogP contribution in [0.5, 0.6) is 0 Å². The first-order chi connectivity index (χ1) is 11.1. The van der Waals surface area contributed by atoms with Gasteiger partial charge in [-0.25, -0.2) is 4.79 Å². The van der Waals surface area contributed by atoms with E-state index in [2.05, 4.69) is 9.98 Å². The molecule has 0 unspecified atom stereocenters. The van der Waals surface area contributed by atoms with Crippen LogP contribution in [0.25, 0.3) is 0 Å². The molecular weight excluding hydrogens is 292 g/mol. The van der Waals surface area contributed by atoms with Crippen LogP contribution in [0.4, 0.5) is 0 Å². The van der Waals surface area contributed by atoms with Gasteiger partial charge in [-0.15, -0.1) is 0 Å². The SMILES string of the molecule is CCOC(=O)C1=C(C)N=C2CCCC(=O)[C@H]2[C@H]1c1ccccn1. The number of ether oxygens (including phenoxy) is 1. The second-order valence-electron chi connectivity index (χ2n) is 5.85. The topological polar surface area (TPSA) is 68.6 Å². The molecule has 1 aliphatic carbocycles. The zero-order valence-corrected chi connectivity index (χ0v) is 13.4. The van der Waals surface area contributed by atoms with E-state index in [0.29, 0.717) is 24.3 Å². The maximum absolute atomic E-state index is 12.6. The van der Waals surface area contributed by atoms with Crippen LogP contribution in [0.15, 0.2) is 40.7 Å². The van der Waals surface area contributed by atoms with Crippen LogP contribution < -0.4 is 0 Å². The van der Waals surface area contributed by atoms with Gasteiger partial charge in [0.05, 0.1) is 24.0 Å². The molecule has 0 amide bonds. The van der Waals surface area contributed by atoms with E-state index in [-0.39, 0.29) is 11.7 Å². The summed E-state index contributed by atoms with van der Waals surface area (Å²) in [4.78, 5) is 34.0. The van der Waals surface area contributed by atoms with Gasteiger partial charge >= 0.3 is 5.97 Å². The minimum absolute atomic E-state index is 0.139. The molecule has 5 heteroatoms. The molecule has 23 heavy (non-hydrogen) atoms. The lowest BCUT2D eigenvalue weighted by molar-refractivity contribution is -0.139. The average molecular weight is 312 g/mol. The van der Waals surface area contributed by atoms with Gasteiger partial charge < -0.3 is 4.74 Å². The molecule has 1 aromatic rings. The molecule has 2 heterocycles. The second kappa shape index (κ2) is 6.44. The van der Waals surface area contributed by atoms with Gasteiger partial charge in [-0.3, -0.25) is 14.8 Å². The maximum Gasteiger partial charge on any atom is 0.336 e. The summed E-state index contributed by atoms with van der Waals surface area (Å²) in [6.07, 6.45) is 3.84. The third-order valence-corrected chi connectivity index (χ3v) is 4.41. The molecule has 1 aliphatic heterocycles. The van der Waals surface area contributed by atoms with E-state index in [9.17, 15) is 9.59 Å². The van der Waals surface area contributed by atoms with Crippen molar-refractivity contribution in [3.8, 4) is 0 Å². The van der Waals surface area contributed by atoms with Crippen molar-refractivity contribution in [2.75, 3.05) is 6.61 Å².